The van der Waals surface area contributed by atoms with Crippen LogP contribution in [0.5, 0.6) is 0 Å². The Hall–Kier alpha value is -0.120. The molecule has 0 radical (unpaired) electrons. The van der Waals surface area contributed by atoms with Crippen molar-refractivity contribution in [2.24, 2.45) is 0 Å². The van der Waals surface area contributed by atoms with E-state index in [1.54, 1.807) is 0 Å². The van der Waals surface area contributed by atoms with Gasteiger partial charge < -0.3 is 10.2 Å². The number of nitrogens with zero attached hydrogens (tertiary/aromatic N) is 1. The van der Waals surface area contributed by atoms with E-state index in [-0.39, 0.29) is 12.7 Å². The third kappa shape index (κ3) is 2.76. The van der Waals surface area contributed by atoms with Crippen LogP contribution in [0.3, 0.4) is 0 Å². The number of hydrogen-bond donors (Lipinski definition) is 2. The highest BCUT2D eigenvalue weighted by Gasteiger charge is 2.34. The second-order valence-corrected chi connectivity index (χ2v) is 5.32. The summed E-state index contributed by atoms with van der Waals surface area (Å²) < 4.78 is 0. The predicted octanol–water partition coefficient (Wildman–Crippen LogP) is 1.53. The lowest BCUT2D eigenvalue weighted by atomic mass is 9.85. The van der Waals surface area contributed by atoms with E-state index in [0.717, 1.165) is 25.8 Å². The molecule has 2 N–H and O–H groups in total. The van der Waals surface area contributed by atoms with Gasteiger partial charge in [-0.25, -0.2) is 0 Å². The zero-order valence-corrected chi connectivity index (χ0v) is 10.1. The molecule has 2 atom stereocenters. The van der Waals surface area contributed by atoms with E-state index in [9.17, 15) is 5.11 Å². The van der Waals surface area contributed by atoms with E-state index in [1.165, 1.54) is 32.1 Å². The fourth-order valence-electron chi connectivity index (χ4n) is 3.07. The molecule has 94 valence electrons. The van der Waals surface area contributed by atoms with Gasteiger partial charge in [0.2, 0.25) is 0 Å². The quantitative estimate of drug-likeness (QED) is 0.748. The third-order valence-electron chi connectivity index (χ3n) is 4.24. The summed E-state index contributed by atoms with van der Waals surface area (Å²) in [5, 5.41) is 19.1. The van der Waals surface area contributed by atoms with Gasteiger partial charge in [0.05, 0.1) is 6.10 Å². The van der Waals surface area contributed by atoms with Crippen molar-refractivity contribution in [2.75, 3.05) is 13.2 Å². The predicted molar refractivity (Wildman–Crippen MR) is 64.3 cm³/mol. The molecule has 0 aromatic heterocycles. The Bertz CT molecular complexity index is 206. The first-order valence-electron chi connectivity index (χ1n) is 6.87. The van der Waals surface area contributed by atoms with Gasteiger partial charge in [0, 0.05) is 25.2 Å². The van der Waals surface area contributed by atoms with Crippen molar-refractivity contribution in [2.45, 2.75) is 69.6 Å². The maximum Gasteiger partial charge on any atom is 0.0695 e. The zero-order chi connectivity index (χ0) is 11.4. The van der Waals surface area contributed by atoms with Crippen LogP contribution in [0.15, 0.2) is 0 Å². The highest BCUT2D eigenvalue weighted by Crippen LogP contribution is 2.32. The first-order valence-corrected chi connectivity index (χ1v) is 6.87. The van der Waals surface area contributed by atoms with Crippen LogP contribution in [-0.4, -0.2) is 46.5 Å². The lowest BCUT2D eigenvalue weighted by molar-refractivity contribution is -0.0225. The van der Waals surface area contributed by atoms with Crippen molar-refractivity contribution < 1.29 is 10.2 Å². The molecule has 0 saturated heterocycles. The summed E-state index contributed by atoms with van der Waals surface area (Å²) in [5.74, 6) is 0. The van der Waals surface area contributed by atoms with Gasteiger partial charge >= 0.3 is 0 Å². The fourth-order valence-corrected chi connectivity index (χ4v) is 3.07. The Kier molecular flexibility index (Phi) is 4.62. The van der Waals surface area contributed by atoms with E-state index in [4.69, 9.17) is 5.11 Å². The molecule has 2 saturated carbocycles. The van der Waals surface area contributed by atoms with Crippen molar-refractivity contribution in [3.8, 4) is 0 Å². The highest BCUT2D eigenvalue weighted by atomic mass is 16.3. The molecule has 0 spiro atoms. The highest BCUT2D eigenvalue weighted by molar-refractivity contribution is 4.90. The smallest absolute Gasteiger partial charge is 0.0695 e. The van der Waals surface area contributed by atoms with Gasteiger partial charge in [-0.2, -0.15) is 0 Å². The summed E-state index contributed by atoms with van der Waals surface area (Å²) in [5.41, 5.74) is 0. The molecule has 0 aliphatic heterocycles. The Labute approximate surface area is 98.5 Å². The lowest BCUT2D eigenvalue weighted by Crippen LogP contribution is -2.53. The number of rotatable bonds is 5. The van der Waals surface area contributed by atoms with Crippen LogP contribution in [0.2, 0.25) is 0 Å². The third-order valence-corrected chi connectivity index (χ3v) is 4.24. The van der Waals surface area contributed by atoms with E-state index in [0.29, 0.717) is 12.1 Å². The van der Waals surface area contributed by atoms with E-state index < -0.39 is 0 Å². The van der Waals surface area contributed by atoms with Crippen molar-refractivity contribution in [1.29, 1.82) is 0 Å². The molecule has 3 nitrogen and oxygen atoms in total. The standard InChI is InChI=1S/C13H25NO2/c15-10-4-9-14(11-5-3-6-11)12-7-1-2-8-13(12)16/h11-13,15-16H,1-10H2. The number of hydrogen-bond acceptors (Lipinski definition) is 3. The maximum absolute atomic E-state index is 10.1. The summed E-state index contributed by atoms with van der Waals surface area (Å²) in [6.45, 7) is 1.23. The molecule has 3 heteroatoms. The first kappa shape index (κ1) is 12.3. The SMILES string of the molecule is OCCCN(C1CCC1)C1CCCCC1O. The molecular formula is C13H25NO2. The molecule has 0 bridgehead atoms. The van der Waals surface area contributed by atoms with Crippen molar-refractivity contribution in [1.82, 2.24) is 4.90 Å². The molecule has 0 heterocycles. The summed E-state index contributed by atoms with van der Waals surface area (Å²) in [4.78, 5) is 2.49. The molecule has 2 unspecified atom stereocenters. The van der Waals surface area contributed by atoms with Gasteiger partial charge in [-0.05, 0) is 32.1 Å². The van der Waals surface area contributed by atoms with Crippen molar-refractivity contribution >= 4 is 0 Å². The van der Waals surface area contributed by atoms with Crippen LogP contribution in [0.4, 0.5) is 0 Å². The second-order valence-electron chi connectivity index (χ2n) is 5.32. The Morgan fingerprint density at radius 1 is 1.00 bits per heavy atom. The summed E-state index contributed by atoms with van der Waals surface area (Å²) >= 11 is 0. The minimum atomic E-state index is -0.131. The lowest BCUT2D eigenvalue weighted by Gasteiger charge is -2.45. The molecular weight excluding hydrogens is 202 g/mol. The fraction of sp³-hybridized carbons (Fsp3) is 1.00. The zero-order valence-electron chi connectivity index (χ0n) is 10.1. The molecule has 0 aromatic rings. The van der Waals surface area contributed by atoms with Gasteiger partial charge in [0.25, 0.3) is 0 Å². The molecule has 2 rings (SSSR count). The summed E-state index contributed by atoms with van der Waals surface area (Å²) in [6.07, 6.45) is 9.16. The van der Waals surface area contributed by atoms with Gasteiger partial charge in [-0.1, -0.05) is 19.3 Å². The normalized spacial score (nSPS) is 31.7. The molecule has 0 aromatic carbocycles. The molecule has 2 fully saturated rings. The van der Waals surface area contributed by atoms with Crippen LogP contribution in [0.1, 0.15) is 51.4 Å². The first-order chi connectivity index (χ1) is 7.83. The van der Waals surface area contributed by atoms with Gasteiger partial charge in [-0.3, -0.25) is 4.90 Å². The summed E-state index contributed by atoms with van der Waals surface area (Å²) in [6, 6.07) is 1.05. The average molecular weight is 227 g/mol. The van der Waals surface area contributed by atoms with Crippen LogP contribution >= 0.6 is 0 Å². The van der Waals surface area contributed by atoms with Crippen molar-refractivity contribution in [3.63, 3.8) is 0 Å². The Morgan fingerprint density at radius 2 is 1.75 bits per heavy atom. The monoisotopic (exact) mass is 227 g/mol. The topological polar surface area (TPSA) is 43.7 Å². The maximum atomic E-state index is 10.1. The molecule has 0 amide bonds. The van der Waals surface area contributed by atoms with Crippen LogP contribution in [-0.2, 0) is 0 Å². The van der Waals surface area contributed by atoms with Crippen LogP contribution in [0, 0.1) is 0 Å². The second kappa shape index (κ2) is 5.99. The molecule has 16 heavy (non-hydrogen) atoms. The molecule has 2 aliphatic carbocycles. The van der Waals surface area contributed by atoms with Crippen molar-refractivity contribution in [3.05, 3.63) is 0 Å². The average Bonchev–Trinajstić information content (AvgIpc) is 2.22. The van der Waals surface area contributed by atoms with E-state index >= 15 is 0 Å². The van der Waals surface area contributed by atoms with Crippen LogP contribution < -0.4 is 0 Å². The molecule has 2 aliphatic rings. The largest absolute Gasteiger partial charge is 0.396 e. The van der Waals surface area contributed by atoms with E-state index in [2.05, 4.69) is 4.90 Å². The minimum absolute atomic E-state index is 0.131. The summed E-state index contributed by atoms with van der Waals surface area (Å²) in [7, 11) is 0. The van der Waals surface area contributed by atoms with Gasteiger partial charge in [-0.15, -0.1) is 0 Å². The van der Waals surface area contributed by atoms with E-state index in [1.807, 2.05) is 0 Å². The van der Waals surface area contributed by atoms with Gasteiger partial charge in [0.15, 0.2) is 0 Å². The Balaban J connectivity index is 1.92. The number of aliphatic hydroxyl groups is 2. The minimum Gasteiger partial charge on any atom is -0.396 e. The number of aliphatic hydroxyl groups excluding tert-OH is 2. The van der Waals surface area contributed by atoms with Gasteiger partial charge in [0.1, 0.15) is 0 Å². The Morgan fingerprint density at radius 3 is 2.31 bits per heavy atom. The van der Waals surface area contributed by atoms with Crippen LogP contribution in [0.25, 0.3) is 0 Å².